The van der Waals surface area contributed by atoms with Gasteiger partial charge in [-0.1, -0.05) is 313 Å². The number of oxazole rings is 1. The Kier molecular flexibility index (Phi) is 251. The molecule has 0 saturated carbocycles. The van der Waals surface area contributed by atoms with Crippen LogP contribution in [0.3, 0.4) is 0 Å². The minimum atomic E-state index is -3.16. The molecule has 3 aromatic rings. The lowest BCUT2D eigenvalue weighted by Crippen LogP contribution is -2.01. The summed E-state index contributed by atoms with van der Waals surface area (Å²) in [5.74, 6) is -0.437. The van der Waals surface area contributed by atoms with E-state index in [1.807, 2.05) is 314 Å². The van der Waals surface area contributed by atoms with E-state index in [1.165, 1.54) is 96.7 Å². The molecular weight excluding hydrogens is 1410 g/mol. The number of sulfonamides is 1. The van der Waals surface area contributed by atoms with Crippen LogP contribution in [0.5, 0.6) is 0 Å². The number of carbonyl (C=O) groups is 5. The second-order valence-electron chi connectivity index (χ2n) is 11.2. The molecule has 0 radical (unpaired) electrons. The molecule has 8 aliphatic heterocycles. The molecule has 8 aliphatic rings. The van der Waals surface area contributed by atoms with E-state index in [1.54, 1.807) is 43.8 Å². The average Bonchev–Trinajstić information content (AvgIpc) is 1.80. The quantitative estimate of drug-likeness (QED) is 0.139. The molecule has 26 nitrogen and oxygen atoms in total. The smallest absolute Gasteiger partial charge is 0.416 e. The van der Waals surface area contributed by atoms with Crippen molar-refractivity contribution in [2.24, 2.45) is 41.4 Å². The van der Waals surface area contributed by atoms with Crippen molar-refractivity contribution in [2.75, 3.05) is 13.2 Å². The lowest BCUT2D eigenvalue weighted by molar-refractivity contribution is -0.135. The number of hydrogen-bond acceptors (Lipinski definition) is 18. The molecule has 0 fully saturated rings. The number of nitrogens with zero attached hydrogens (tertiary/aromatic N) is 11. The van der Waals surface area contributed by atoms with Gasteiger partial charge in [0.1, 0.15) is 12.6 Å². The summed E-state index contributed by atoms with van der Waals surface area (Å²) in [6, 6.07) is -0.407. The number of dihydropyridines is 1. The van der Waals surface area contributed by atoms with E-state index >= 15 is 0 Å². The standard InChI is InChI=1S/C6H7N.2C4H3NO.C4H4O2.C4H6O.C3H6N4.2C3H2N2O.C3H3NO2S.C3H3NO2.C3H3NOS.20C2H6/c1-6-4-2-3-5-7-6;2*6-4-2-1-3-5-4;5-4-2-1-3-6-4;1-2-4-5-3-1;1-3-4-6-7(2)5-3;6-3-1-4-2-5-3;6-3-4-1-2-5-3;5-7(6)3-1-2-4-7;2*5-3-4-1-2-6-3;20*1-2/h2-5,7H,1H2;2*1-3H;1,3H,2H2;1-2H,3-4H2;1-2H3;2*1-2H;1-3H;2*1-2H,(H,4,5);20*1-2H3. The van der Waals surface area contributed by atoms with E-state index in [-0.39, 0.29) is 28.6 Å². The normalized spacial score (nSPS) is 11.1. The zero-order valence-electron chi connectivity index (χ0n) is 75.9. The molecule has 28 heteroatoms. The van der Waals surface area contributed by atoms with Crippen LogP contribution in [0.4, 0.5) is 4.79 Å². The van der Waals surface area contributed by atoms with Crippen LogP contribution >= 0.6 is 11.3 Å². The van der Waals surface area contributed by atoms with Gasteiger partial charge < -0.3 is 24.2 Å². The molecule has 108 heavy (non-hydrogen) atoms. The average molecular weight is 1580 g/mol. The summed E-state index contributed by atoms with van der Waals surface area (Å²) in [5.41, 5.74) is 0.947. The van der Waals surface area contributed by atoms with Crippen LogP contribution in [0.25, 0.3) is 0 Å². The van der Waals surface area contributed by atoms with Crippen LogP contribution in [-0.4, -0.2) is 125 Å². The molecule has 0 spiro atoms. The number of tetrazole rings is 1. The van der Waals surface area contributed by atoms with Crippen LogP contribution in [0.2, 0.25) is 0 Å². The van der Waals surface area contributed by atoms with Crippen LogP contribution in [0.15, 0.2) is 169 Å². The van der Waals surface area contributed by atoms with Crippen molar-refractivity contribution in [3.05, 3.63) is 147 Å². The zero-order valence-corrected chi connectivity index (χ0v) is 77.5. The molecule has 5 amide bonds. The van der Waals surface area contributed by atoms with E-state index in [0.717, 1.165) is 24.3 Å². The van der Waals surface area contributed by atoms with E-state index in [9.17, 15) is 42.0 Å². The maximum Gasteiger partial charge on any atom is 0.416 e. The van der Waals surface area contributed by atoms with Gasteiger partial charge in [-0.3, -0.25) is 29.0 Å². The van der Waals surface area contributed by atoms with Crippen molar-refractivity contribution in [1.29, 1.82) is 0 Å². The number of nitrogens with one attached hydrogen (secondary N) is 3. The summed E-state index contributed by atoms with van der Waals surface area (Å²) in [6.07, 6.45) is 36.3. The third kappa shape index (κ3) is 177. The first-order valence-corrected chi connectivity index (χ1v) is 41.0. The van der Waals surface area contributed by atoms with Gasteiger partial charge in [-0.2, -0.15) is 32.6 Å². The molecule has 11 rings (SSSR count). The Bertz CT molecular complexity index is 2470. The topological polar surface area (TPSA) is 359 Å². The first kappa shape index (κ1) is 152. The number of hydrogen-bond donors (Lipinski definition) is 3. The SMILES string of the molecule is C1=CCOC1.C=C1C=CC=CN1.CC.CC.CC.CC.CC.CC.CC.CC.CC.CC.CC.CC.CC.CC.CC.CC.CC.CC.CC.CC.Cc1nnn(C)n1.O=C1C=CC=N1.O=C1C=CC=N1.O=C1C=NC=N1.O=C1CC=CO1.O=C1N=CC=N1.O=S1(=O)C=CC=N1.O=c1[nH]cco1.O=c1[nH]ccs1. The number of aromatic nitrogens is 6. The Morgan fingerprint density at radius 3 is 1.03 bits per heavy atom. The van der Waals surface area contributed by atoms with Gasteiger partial charge in [0.05, 0.1) is 57.0 Å². The maximum atomic E-state index is 10.1. The number of cyclic esters (lactones) is 1. The predicted octanol–water partition coefficient (Wildman–Crippen LogP) is 22.7. The van der Waals surface area contributed by atoms with Crippen molar-refractivity contribution in [3.8, 4) is 0 Å². The van der Waals surface area contributed by atoms with Crippen molar-refractivity contribution in [3.63, 3.8) is 0 Å². The summed E-state index contributed by atoms with van der Waals surface area (Å²) in [4.78, 5) is 95.5. The number of H-pyrrole nitrogens is 2. The number of aliphatic imine (C=N–C) groups is 6. The molecule has 0 saturated heterocycles. The second-order valence-corrected chi connectivity index (χ2v) is 13.6. The maximum absolute atomic E-state index is 10.1. The molecule has 0 aliphatic carbocycles. The molecule has 0 bridgehead atoms. The molecule has 0 aromatic carbocycles. The first-order chi connectivity index (χ1) is 52.6. The fourth-order valence-corrected chi connectivity index (χ4v) is 4.21. The van der Waals surface area contributed by atoms with E-state index in [2.05, 4.69) is 80.8 Å². The number of carbonyl (C=O) groups excluding carboxylic acids is 5. The lowest BCUT2D eigenvalue weighted by Gasteiger charge is -1.99. The number of allylic oxidation sites excluding steroid dienone is 6. The fourth-order valence-electron chi connectivity index (χ4n) is 3.24. The van der Waals surface area contributed by atoms with Gasteiger partial charge in [0, 0.05) is 60.5 Å². The van der Waals surface area contributed by atoms with Crippen LogP contribution in [-0.2, 0) is 45.7 Å². The van der Waals surface area contributed by atoms with Gasteiger partial charge in [-0.25, -0.2) is 24.6 Å². The molecule has 11 heterocycles. The Morgan fingerprint density at radius 2 is 0.926 bits per heavy atom. The summed E-state index contributed by atoms with van der Waals surface area (Å²) in [6.45, 7) is 87.1. The van der Waals surface area contributed by atoms with Crippen LogP contribution < -0.4 is 15.9 Å². The molecule has 0 atom stereocenters. The highest BCUT2D eigenvalue weighted by atomic mass is 32.2. The highest BCUT2D eigenvalue weighted by Gasteiger charge is 2.02. The second kappa shape index (κ2) is 178. The third-order valence-corrected chi connectivity index (χ3v) is 7.44. The number of ether oxygens (including phenoxy) is 2. The van der Waals surface area contributed by atoms with Crippen molar-refractivity contribution >= 4 is 94.7 Å². The third-order valence-electron chi connectivity index (χ3n) is 5.92. The van der Waals surface area contributed by atoms with Crippen LogP contribution in [0, 0.1) is 6.92 Å². The first-order valence-electron chi connectivity index (χ1n) is 38.6. The van der Waals surface area contributed by atoms with Gasteiger partial charge in [0.2, 0.25) is 0 Å². The number of amides is 5. The predicted molar refractivity (Wildman–Crippen MR) is 481 cm³/mol. The number of rotatable bonds is 0. The Hall–Kier alpha value is -9.02. The van der Waals surface area contributed by atoms with Crippen molar-refractivity contribution < 1.29 is 46.3 Å². The minimum absolute atomic E-state index is 0.00926. The van der Waals surface area contributed by atoms with Gasteiger partial charge in [-0.15, -0.1) is 10.2 Å². The highest BCUT2D eigenvalue weighted by Crippen LogP contribution is 1.98. The van der Waals surface area contributed by atoms with E-state index in [4.69, 9.17) is 4.74 Å². The summed E-state index contributed by atoms with van der Waals surface area (Å²) in [5, 5.41) is 16.7. The van der Waals surface area contributed by atoms with Crippen LogP contribution in [0.1, 0.15) is 289 Å². The monoisotopic (exact) mass is 1580 g/mol. The van der Waals surface area contributed by atoms with Crippen molar-refractivity contribution in [1.82, 2.24) is 35.5 Å². The van der Waals surface area contributed by atoms with Gasteiger partial charge in [0.25, 0.3) is 27.7 Å². The Labute approximate surface area is 665 Å². The molecule has 636 valence electrons. The van der Waals surface area contributed by atoms with Gasteiger partial charge in [-0.05, 0) is 48.6 Å². The number of aromatic amines is 2. The molecule has 3 N–H and O–H groups in total. The summed E-state index contributed by atoms with van der Waals surface area (Å²) < 4.78 is 36.8. The largest absolute Gasteiger partial charge is 0.435 e. The number of thiazole rings is 1. The number of esters is 1. The lowest BCUT2D eigenvalue weighted by atomic mass is 10.3. The highest BCUT2D eigenvalue weighted by molar-refractivity contribution is 7.93. The summed E-state index contributed by atoms with van der Waals surface area (Å²) >= 11 is 1.17. The molecular formula is C80H162N14O12S2. The zero-order chi connectivity index (χ0) is 90.1. The van der Waals surface area contributed by atoms with Gasteiger partial charge >= 0.3 is 22.6 Å². The Balaban J connectivity index is -0.0000000419. The van der Waals surface area contributed by atoms with E-state index in [0.29, 0.717) is 12.2 Å². The Morgan fingerprint density at radius 1 is 0.491 bits per heavy atom. The minimum Gasteiger partial charge on any atom is -0.435 e. The number of urea groups is 1. The van der Waals surface area contributed by atoms with Gasteiger partial charge in [0.15, 0.2) is 5.82 Å². The fraction of sp³-hybridized carbons (Fsp3) is 0.562. The number of aryl methyl sites for hydroxylation is 2. The van der Waals surface area contributed by atoms with E-state index < -0.39 is 21.8 Å². The van der Waals surface area contributed by atoms with Crippen molar-refractivity contribution in [2.45, 2.75) is 290 Å². The summed E-state index contributed by atoms with van der Waals surface area (Å²) in [7, 11) is -1.42. The molecule has 0 unspecified atom stereocenters. The molecule has 3 aromatic heterocycles.